The predicted octanol–water partition coefficient (Wildman–Crippen LogP) is 3.36. The van der Waals surface area contributed by atoms with Crippen LogP contribution in [0.1, 0.15) is 11.5 Å². The summed E-state index contributed by atoms with van der Waals surface area (Å²) in [4.78, 5) is 19.9. The summed E-state index contributed by atoms with van der Waals surface area (Å²) < 4.78 is 19.4. The number of hydrogen-bond donors (Lipinski definition) is 1. The highest BCUT2D eigenvalue weighted by Gasteiger charge is 2.09. The van der Waals surface area contributed by atoms with E-state index in [4.69, 9.17) is 4.52 Å². The molecule has 0 aliphatic rings. The van der Waals surface area contributed by atoms with E-state index in [2.05, 4.69) is 36.4 Å². The summed E-state index contributed by atoms with van der Waals surface area (Å²) in [5.74, 6) is -0.130. The number of aromatic nitrogens is 3. The van der Waals surface area contributed by atoms with E-state index in [9.17, 15) is 9.18 Å². The maximum atomic E-state index is 13.6. The maximum absolute atomic E-state index is 13.6. The number of nitrogens with one attached hydrogen (secondary N) is 1. The second kappa shape index (κ2) is 7.80. The average molecular weight is 403 g/mol. The Morgan fingerprint density at radius 2 is 2.08 bits per heavy atom. The van der Waals surface area contributed by atoms with Gasteiger partial charge in [-0.1, -0.05) is 21.1 Å². The zero-order valence-corrected chi connectivity index (χ0v) is 14.4. The molecule has 1 aromatic carbocycles. The molecule has 0 fully saturated rings. The SMILES string of the molecule is O=C(/C=C/c1cc(Br)ccc1F)NCc1nc(-c2ccncc2)no1. The number of hydrogen-bond acceptors (Lipinski definition) is 5. The lowest BCUT2D eigenvalue weighted by Crippen LogP contribution is -2.20. The highest BCUT2D eigenvalue weighted by Crippen LogP contribution is 2.17. The van der Waals surface area contributed by atoms with Gasteiger partial charge in [0.2, 0.25) is 17.6 Å². The first-order valence-electron chi connectivity index (χ1n) is 7.26. The number of halogens is 2. The lowest BCUT2D eigenvalue weighted by molar-refractivity contribution is -0.116. The van der Waals surface area contributed by atoms with Crippen LogP contribution in [0, 0.1) is 5.82 Å². The van der Waals surface area contributed by atoms with Crippen LogP contribution >= 0.6 is 15.9 Å². The minimum atomic E-state index is -0.411. The third-order valence-corrected chi connectivity index (χ3v) is 3.69. The smallest absolute Gasteiger partial charge is 0.246 e. The highest BCUT2D eigenvalue weighted by atomic mass is 79.9. The quantitative estimate of drug-likeness (QED) is 0.661. The predicted molar refractivity (Wildman–Crippen MR) is 92.5 cm³/mol. The molecule has 8 heteroatoms. The first-order valence-corrected chi connectivity index (χ1v) is 8.05. The van der Waals surface area contributed by atoms with Gasteiger partial charge in [0.15, 0.2) is 0 Å². The van der Waals surface area contributed by atoms with Gasteiger partial charge in [0, 0.05) is 34.1 Å². The molecular formula is C17H12BrFN4O2. The largest absolute Gasteiger partial charge is 0.343 e. The molecule has 0 aliphatic heterocycles. The Morgan fingerprint density at radius 3 is 2.88 bits per heavy atom. The van der Waals surface area contributed by atoms with Crippen molar-refractivity contribution in [3.63, 3.8) is 0 Å². The van der Waals surface area contributed by atoms with E-state index in [-0.39, 0.29) is 12.4 Å². The Kier molecular flexibility index (Phi) is 5.30. The fourth-order valence-electron chi connectivity index (χ4n) is 1.97. The van der Waals surface area contributed by atoms with Crippen LogP contribution in [0.15, 0.2) is 57.8 Å². The van der Waals surface area contributed by atoms with Crippen LogP contribution in [0.25, 0.3) is 17.5 Å². The second-order valence-electron chi connectivity index (χ2n) is 4.96. The number of carbonyl (C=O) groups excluding carboxylic acids is 1. The first-order chi connectivity index (χ1) is 12.1. The zero-order chi connectivity index (χ0) is 17.6. The number of nitrogens with zero attached hydrogens (tertiary/aromatic N) is 3. The van der Waals surface area contributed by atoms with E-state index in [0.717, 1.165) is 10.0 Å². The highest BCUT2D eigenvalue weighted by molar-refractivity contribution is 9.10. The van der Waals surface area contributed by atoms with Crippen molar-refractivity contribution in [3.05, 3.63) is 70.5 Å². The zero-order valence-electron chi connectivity index (χ0n) is 12.8. The van der Waals surface area contributed by atoms with Gasteiger partial charge in [-0.2, -0.15) is 4.98 Å². The summed E-state index contributed by atoms with van der Waals surface area (Å²) in [5, 5.41) is 6.44. The first kappa shape index (κ1) is 17.0. The Labute approximate surface area is 150 Å². The summed E-state index contributed by atoms with van der Waals surface area (Å²) in [6, 6.07) is 7.99. The minimum absolute atomic E-state index is 0.0716. The molecule has 3 rings (SSSR count). The minimum Gasteiger partial charge on any atom is -0.343 e. The third-order valence-electron chi connectivity index (χ3n) is 3.19. The molecule has 0 aliphatic carbocycles. The molecule has 0 spiro atoms. The lowest BCUT2D eigenvalue weighted by atomic mass is 10.2. The molecule has 2 aromatic heterocycles. The fraction of sp³-hybridized carbons (Fsp3) is 0.0588. The van der Waals surface area contributed by atoms with E-state index in [1.165, 1.54) is 18.2 Å². The molecule has 0 saturated carbocycles. The fourth-order valence-corrected chi connectivity index (χ4v) is 2.35. The molecule has 25 heavy (non-hydrogen) atoms. The van der Waals surface area contributed by atoms with E-state index in [0.29, 0.717) is 11.4 Å². The van der Waals surface area contributed by atoms with Gasteiger partial charge in [-0.3, -0.25) is 9.78 Å². The molecular weight excluding hydrogens is 391 g/mol. The van der Waals surface area contributed by atoms with Crippen LogP contribution in [0.4, 0.5) is 4.39 Å². The van der Waals surface area contributed by atoms with Gasteiger partial charge in [0.05, 0.1) is 6.54 Å². The second-order valence-corrected chi connectivity index (χ2v) is 5.88. The van der Waals surface area contributed by atoms with Crippen molar-refractivity contribution in [3.8, 4) is 11.4 Å². The lowest BCUT2D eigenvalue weighted by Gasteiger charge is -1.99. The van der Waals surface area contributed by atoms with Crippen molar-refractivity contribution in [2.45, 2.75) is 6.54 Å². The molecule has 2 heterocycles. The van der Waals surface area contributed by atoms with Gasteiger partial charge in [0.25, 0.3) is 0 Å². The standard InChI is InChI=1S/C17H12BrFN4O2/c18-13-2-3-14(19)12(9-13)1-4-15(24)21-10-16-22-17(23-25-16)11-5-7-20-8-6-11/h1-9H,10H2,(H,21,24)/b4-1+. The Bertz CT molecular complexity index is 912. The van der Waals surface area contributed by atoms with Crippen molar-refractivity contribution in [2.75, 3.05) is 0 Å². The Hall–Kier alpha value is -2.87. The van der Waals surface area contributed by atoms with E-state index >= 15 is 0 Å². The van der Waals surface area contributed by atoms with Crippen LogP contribution < -0.4 is 5.32 Å². The monoisotopic (exact) mass is 402 g/mol. The topological polar surface area (TPSA) is 80.9 Å². The molecule has 1 amide bonds. The Balaban J connectivity index is 1.58. The van der Waals surface area contributed by atoms with Crippen molar-refractivity contribution >= 4 is 27.9 Å². The van der Waals surface area contributed by atoms with Crippen LogP contribution in [0.2, 0.25) is 0 Å². The van der Waals surface area contributed by atoms with E-state index in [1.807, 2.05) is 0 Å². The molecule has 0 saturated heterocycles. The van der Waals surface area contributed by atoms with E-state index < -0.39 is 11.7 Å². The average Bonchev–Trinajstić information content (AvgIpc) is 3.10. The van der Waals surface area contributed by atoms with Crippen LogP contribution in [0.5, 0.6) is 0 Å². The summed E-state index contributed by atoms with van der Waals surface area (Å²) in [6.45, 7) is 0.0716. The molecule has 0 radical (unpaired) electrons. The molecule has 3 aromatic rings. The molecule has 0 unspecified atom stereocenters. The van der Waals surface area contributed by atoms with Gasteiger partial charge in [0.1, 0.15) is 5.82 Å². The molecule has 0 atom stereocenters. The van der Waals surface area contributed by atoms with Crippen molar-refractivity contribution in [1.82, 2.24) is 20.4 Å². The van der Waals surface area contributed by atoms with Crippen LogP contribution in [0.3, 0.4) is 0 Å². The number of amides is 1. The molecule has 126 valence electrons. The molecule has 6 nitrogen and oxygen atoms in total. The maximum Gasteiger partial charge on any atom is 0.246 e. The number of carbonyl (C=O) groups is 1. The van der Waals surface area contributed by atoms with Crippen LogP contribution in [-0.2, 0) is 11.3 Å². The van der Waals surface area contributed by atoms with Crippen molar-refractivity contribution in [1.29, 1.82) is 0 Å². The van der Waals surface area contributed by atoms with Crippen LogP contribution in [-0.4, -0.2) is 21.0 Å². The van der Waals surface area contributed by atoms with E-state index in [1.54, 1.807) is 36.7 Å². The summed E-state index contributed by atoms with van der Waals surface area (Å²) in [7, 11) is 0. The normalized spacial score (nSPS) is 11.0. The van der Waals surface area contributed by atoms with Crippen molar-refractivity contribution in [2.24, 2.45) is 0 Å². The van der Waals surface area contributed by atoms with Gasteiger partial charge >= 0.3 is 0 Å². The molecule has 1 N–H and O–H groups in total. The van der Waals surface area contributed by atoms with Gasteiger partial charge in [-0.15, -0.1) is 0 Å². The summed E-state index contributed by atoms with van der Waals surface area (Å²) >= 11 is 3.25. The van der Waals surface area contributed by atoms with Gasteiger partial charge in [-0.25, -0.2) is 4.39 Å². The van der Waals surface area contributed by atoms with Gasteiger partial charge < -0.3 is 9.84 Å². The number of rotatable bonds is 5. The summed E-state index contributed by atoms with van der Waals surface area (Å²) in [6.07, 6.45) is 5.88. The summed E-state index contributed by atoms with van der Waals surface area (Å²) in [5.41, 5.74) is 1.07. The van der Waals surface area contributed by atoms with Crippen molar-refractivity contribution < 1.29 is 13.7 Å². The Morgan fingerprint density at radius 1 is 1.28 bits per heavy atom. The number of benzene rings is 1. The third kappa shape index (κ3) is 4.57. The molecule has 0 bridgehead atoms. The van der Waals surface area contributed by atoms with Gasteiger partial charge in [-0.05, 0) is 36.4 Å². The number of pyridine rings is 1.